The minimum Gasteiger partial charge on any atom is 0 e. The molecule has 36 valence electrons. The first kappa shape index (κ1) is 30.7. The van der Waals surface area contributed by atoms with E-state index in [1.165, 1.54) is 0 Å². The summed E-state index contributed by atoms with van der Waals surface area (Å²) in [6, 6.07) is 0. The van der Waals surface area contributed by atoms with Gasteiger partial charge in [-0.15, -0.1) is 0 Å². The van der Waals surface area contributed by atoms with Gasteiger partial charge in [0.25, 0.3) is 0 Å². The van der Waals surface area contributed by atoms with Crippen molar-refractivity contribution >= 4 is 137 Å². The SMILES string of the molecule is [BiH3].[CaH2].[O]=[Cu].[SrH2].[Tl]. The molecule has 0 saturated heterocycles. The Kier molecular flexibility index (Phi) is 168. The predicted molar refractivity (Wildman–Crippen MR) is 33.5 cm³/mol. The van der Waals surface area contributed by atoms with Crippen molar-refractivity contribution in [2.45, 2.75) is 0 Å². The Morgan fingerprint density at radius 2 is 1.17 bits per heavy atom. The normalized spacial score (nSPS) is 1.00. The van der Waals surface area contributed by atoms with Crippen molar-refractivity contribution in [1.29, 1.82) is 0 Å². The van der Waals surface area contributed by atoms with Gasteiger partial charge < -0.3 is 0 Å². The second kappa shape index (κ2) is 32.8. The zero-order valence-electron chi connectivity index (χ0n) is 1.99. The maximum Gasteiger partial charge on any atom is 0 e. The predicted octanol–water partition coefficient (Wildman–Crippen LogP) is -3.52. The van der Waals surface area contributed by atoms with Gasteiger partial charge in [0, 0.05) is 27.3 Å². The van der Waals surface area contributed by atoms with Gasteiger partial charge in [0.05, 0.1) is 0 Å². The molecule has 0 aromatic carbocycles. The second-order valence-electron chi connectivity index (χ2n) is 0. The minimum atomic E-state index is 0. The van der Waals surface area contributed by atoms with Crippen molar-refractivity contribution in [3.05, 3.63) is 0 Å². The van der Waals surface area contributed by atoms with Crippen molar-refractivity contribution in [3.8, 4) is 0 Å². The van der Waals surface area contributed by atoms with Gasteiger partial charge in [0.1, 0.15) is 0 Å². The molecule has 0 amide bonds. The van der Waals surface area contributed by atoms with Gasteiger partial charge in [0.2, 0.25) is 0 Å². The van der Waals surface area contributed by atoms with E-state index in [9.17, 15) is 0 Å². The van der Waals surface area contributed by atoms with Crippen LogP contribution in [0.5, 0.6) is 0 Å². The van der Waals surface area contributed by atoms with E-state index in [1.807, 2.05) is 0 Å². The monoisotopic (exact) mass is 628 g/mol. The van der Waals surface area contributed by atoms with E-state index < -0.39 is 0 Å². The summed E-state index contributed by atoms with van der Waals surface area (Å²) in [6.07, 6.45) is 0. The van der Waals surface area contributed by atoms with Crippen molar-refractivity contribution in [2.75, 3.05) is 0 Å². The van der Waals surface area contributed by atoms with Gasteiger partial charge in [-0.2, -0.15) is 0 Å². The number of hydrogen-bond acceptors (Lipinski definition) is 1. The third-order valence-electron chi connectivity index (χ3n) is 0. The fourth-order valence-corrected chi connectivity index (χ4v) is 0. The molecule has 0 aliphatic rings. The topological polar surface area (TPSA) is 17.1 Å². The Morgan fingerprint density at radius 1 is 1.17 bits per heavy atom. The first-order valence-corrected chi connectivity index (χ1v) is 0.508. The van der Waals surface area contributed by atoms with Crippen LogP contribution in [0.2, 0.25) is 0 Å². The average molecular weight is 628 g/mol. The number of rotatable bonds is 0. The Bertz CT molecular complexity index is 15.5. The van der Waals surface area contributed by atoms with Crippen LogP contribution in [0, 0.1) is 0 Å². The molecular weight excluding hydrogens is 621 g/mol. The van der Waals surface area contributed by atoms with Gasteiger partial charge in [-0.3, -0.25) is 0 Å². The van der Waals surface area contributed by atoms with E-state index in [1.54, 1.807) is 0 Å². The Hall–Kier alpha value is 4.86. The van der Waals surface area contributed by atoms with Gasteiger partial charge in [-0.05, 0) is 0 Å². The third kappa shape index (κ3) is 23.2. The van der Waals surface area contributed by atoms with Crippen LogP contribution < -0.4 is 0 Å². The van der Waals surface area contributed by atoms with Gasteiger partial charge >= 0.3 is 129 Å². The largest absolute Gasteiger partial charge is 0 e. The maximum absolute atomic E-state index is 7.81. The molecule has 0 atom stereocenters. The van der Waals surface area contributed by atoms with E-state index in [4.69, 9.17) is 3.83 Å². The van der Waals surface area contributed by atoms with Crippen molar-refractivity contribution < 1.29 is 19.8 Å². The van der Waals surface area contributed by atoms with Crippen LogP contribution in [0.25, 0.3) is 0 Å². The first-order chi connectivity index (χ1) is 1.00. The number of hydrogen-bond donors (Lipinski definition) is 0. The molecule has 1 nitrogen and oxygen atoms in total. The molecular formula is H7BiCaCuOSrTl. The fourth-order valence-electron chi connectivity index (χ4n) is 0. The molecule has 0 aliphatic heterocycles. The summed E-state index contributed by atoms with van der Waals surface area (Å²) in [5.41, 5.74) is 0. The summed E-state index contributed by atoms with van der Waals surface area (Å²) in [4.78, 5) is 0. The molecule has 0 N–H and O–H groups in total. The van der Waals surface area contributed by atoms with Crippen LogP contribution in [-0.4, -0.2) is 137 Å². The van der Waals surface area contributed by atoms with E-state index in [2.05, 4.69) is 15.9 Å². The summed E-state index contributed by atoms with van der Waals surface area (Å²) in [6.45, 7) is 0. The average Bonchev–Trinajstić information content (AvgIpc) is 1.00. The van der Waals surface area contributed by atoms with Crippen LogP contribution in [0.3, 0.4) is 0 Å². The molecule has 0 saturated carbocycles. The third-order valence-corrected chi connectivity index (χ3v) is 0. The molecule has 0 aliphatic carbocycles. The Balaban J connectivity index is -0.000000000833. The van der Waals surface area contributed by atoms with E-state index in [-0.39, 0.29) is 137 Å². The molecule has 0 unspecified atom stereocenters. The molecule has 6 heavy (non-hydrogen) atoms. The van der Waals surface area contributed by atoms with Crippen LogP contribution in [0.1, 0.15) is 0 Å². The molecule has 0 fully saturated rings. The molecule has 0 aromatic rings. The van der Waals surface area contributed by atoms with Gasteiger partial charge in [-0.25, -0.2) is 0 Å². The van der Waals surface area contributed by atoms with Crippen molar-refractivity contribution in [3.63, 3.8) is 0 Å². The Labute approximate surface area is 152 Å². The molecule has 0 spiro atoms. The molecule has 6 heteroatoms. The van der Waals surface area contributed by atoms with Crippen LogP contribution in [-0.2, 0) is 19.8 Å². The minimum absolute atomic E-state index is 0. The first-order valence-electron chi connectivity index (χ1n) is 0.123. The zero-order chi connectivity index (χ0) is 2.00. The maximum atomic E-state index is 7.81. The van der Waals surface area contributed by atoms with Crippen LogP contribution >= 0.6 is 0 Å². The molecule has 0 bridgehead atoms. The summed E-state index contributed by atoms with van der Waals surface area (Å²) >= 11 is 2.94. The molecule has 1 radical (unpaired) electrons. The summed E-state index contributed by atoms with van der Waals surface area (Å²) in [5, 5.41) is 0. The zero-order valence-corrected chi connectivity index (χ0v) is 12.9. The van der Waals surface area contributed by atoms with Crippen molar-refractivity contribution in [2.24, 2.45) is 0 Å². The standard InChI is InChI=1S/Bi.Ca.Cu.O.Sr.Tl.7H. The summed E-state index contributed by atoms with van der Waals surface area (Å²) < 4.78 is 7.81. The van der Waals surface area contributed by atoms with Crippen molar-refractivity contribution in [1.82, 2.24) is 0 Å². The summed E-state index contributed by atoms with van der Waals surface area (Å²) in [7, 11) is 0. The Morgan fingerprint density at radius 3 is 1.17 bits per heavy atom. The van der Waals surface area contributed by atoms with Crippen LogP contribution in [0.15, 0.2) is 0 Å². The van der Waals surface area contributed by atoms with E-state index in [0.717, 1.165) is 0 Å². The smallest absolute Gasteiger partial charge is 0 e. The van der Waals surface area contributed by atoms with Crippen LogP contribution in [0.4, 0.5) is 0 Å². The molecule has 0 rings (SSSR count). The molecule has 0 aromatic heterocycles. The van der Waals surface area contributed by atoms with Gasteiger partial charge in [0.15, 0.2) is 0 Å². The quantitative estimate of drug-likeness (QED) is 0.255. The van der Waals surface area contributed by atoms with E-state index >= 15 is 0 Å². The molecule has 0 heterocycles. The summed E-state index contributed by atoms with van der Waals surface area (Å²) in [5.74, 6) is 0. The van der Waals surface area contributed by atoms with E-state index in [0.29, 0.717) is 0 Å². The fraction of sp³-hybridized carbons (Fsp3) is 0. The second-order valence-corrected chi connectivity index (χ2v) is 0. The van der Waals surface area contributed by atoms with Gasteiger partial charge in [-0.1, -0.05) is 0 Å².